The minimum absolute atomic E-state index is 0.624. The summed E-state index contributed by atoms with van der Waals surface area (Å²) in [6, 6.07) is 62.4. The van der Waals surface area contributed by atoms with Crippen molar-refractivity contribution in [2.75, 3.05) is 0 Å². The topological polar surface area (TPSA) is 51.6 Å². The fraction of sp³-hybridized carbons (Fsp3) is 0. The third-order valence-electron chi connectivity index (χ3n) is 11.0. The Morgan fingerprint density at radius 3 is 1.77 bits per heavy atom. The van der Waals surface area contributed by atoms with Crippen LogP contribution in [0.1, 0.15) is 0 Å². The second-order valence-electron chi connectivity index (χ2n) is 14.3. The van der Waals surface area contributed by atoms with Crippen LogP contribution in [-0.2, 0) is 0 Å². The Hall–Kier alpha value is -7.56. The molecule has 0 saturated heterocycles. The minimum Gasteiger partial charge on any atom is -0.264 e. The van der Waals surface area contributed by atoms with E-state index >= 15 is 0 Å². The molecular weight excluding hydrogens is 681 g/mol. The van der Waals surface area contributed by atoms with Gasteiger partial charge in [0.1, 0.15) is 0 Å². The number of aromatic nitrogens is 4. The largest absolute Gasteiger partial charge is 0.264 e. The molecule has 0 aliphatic heterocycles. The standard InChI is InChI=1S/C52H32N4/c1-2-10-33(11-3-1)42-23-19-34-22-26-46-43(24-20-35-21-25-45(42)50(34)51(35)46)36-13-8-14-38(28-36)48-30-49(44-17-6-5-16-41(44)39-15-9-27-53-31-39)56-52(55-48)40-29-37-12-4-7-18-47(37)54-32-40/h1-32H. The molecule has 11 rings (SSSR count). The lowest BCUT2D eigenvalue weighted by atomic mass is 9.87. The van der Waals surface area contributed by atoms with E-state index < -0.39 is 0 Å². The Kier molecular flexibility index (Phi) is 7.46. The van der Waals surface area contributed by atoms with Crippen molar-refractivity contribution in [1.29, 1.82) is 0 Å². The minimum atomic E-state index is 0.624. The number of pyridine rings is 2. The summed E-state index contributed by atoms with van der Waals surface area (Å²) in [6.07, 6.45) is 5.58. The van der Waals surface area contributed by atoms with Gasteiger partial charge in [-0.05, 0) is 90.5 Å². The van der Waals surface area contributed by atoms with Gasteiger partial charge in [0, 0.05) is 46.2 Å². The molecule has 3 aromatic heterocycles. The first-order valence-corrected chi connectivity index (χ1v) is 18.9. The molecule has 0 amide bonds. The highest BCUT2D eigenvalue weighted by Crippen LogP contribution is 2.43. The summed E-state index contributed by atoms with van der Waals surface area (Å²) in [5, 5.41) is 8.64. The average molecular weight is 713 g/mol. The van der Waals surface area contributed by atoms with Crippen LogP contribution in [-0.4, -0.2) is 19.9 Å². The summed E-state index contributed by atoms with van der Waals surface area (Å²) in [5.74, 6) is 0.624. The van der Waals surface area contributed by atoms with Gasteiger partial charge in [-0.2, -0.15) is 0 Å². The monoisotopic (exact) mass is 712 g/mol. The van der Waals surface area contributed by atoms with Gasteiger partial charge >= 0.3 is 0 Å². The lowest BCUT2D eigenvalue weighted by molar-refractivity contribution is 1.18. The van der Waals surface area contributed by atoms with Crippen molar-refractivity contribution in [1.82, 2.24) is 19.9 Å². The molecule has 4 nitrogen and oxygen atoms in total. The zero-order valence-corrected chi connectivity index (χ0v) is 30.3. The van der Waals surface area contributed by atoms with Crippen molar-refractivity contribution >= 4 is 43.2 Å². The van der Waals surface area contributed by atoms with Gasteiger partial charge in [0.05, 0.1) is 16.9 Å². The maximum atomic E-state index is 5.25. The molecule has 0 fully saturated rings. The van der Waals surface area contributed by atoms with Crippen LogP contribution < -0.4 is 0 Å². The predicted molar refractivity (Wildman–Crippen MR) is 231 cm³/mol. The van der Waals surface area contributed by atoms with E-state index in [0.29, 0.717) is 5.82 Å². The van der Waals surface area contributed by atoms with Crippen LogP contribution in [0.5, 0.6) is 0 Å². The lowest BCUT2D eigenvalue weighted by Crippen LogP contribution is -1.98. The van der Waals surface area contributed by atoms with E-state index in [2.05, 4.69) is 157 Å². The third-order valence-corrected chi connectivity index (χ3v) is 11.0. The van der Waals surface area contributed by atoms with Gasteiger partial charge in [-0.25, -0.2) is 9.97 Å². The first kappa shape index (κ1) is 31.9. The molecular formula is C52H32N4. The van der Waals surface area contributed by atoms with E-state index in [-0.39, 0.29) is 0 Å². The highest BCUT2D eigenvalue weighted by Gasteiger charge is 2.18. The molecule has 11 aromatic rings. The fourth-order valence-corrected chi connectivity index (χ4v) is 8.30. The summed E-state index contributed by atoms with van der Waals surface area (Å²) in [4.78, 5) is 19.7. The molecule has 0 bridgehead atoms. The molecule has 4 heteroatoms. The summed E-state index contributed by atoms with van der Waals surface area (Å²) >= 11 is 0. The zero-order valence-electron chi connectivity index (χ0n) is 30.3. The molecule has 260 valence electrons. The maximum absolute atomic E-state index is 5.25. The van der Waals surface area contributed by atoms with Gasteiger partial charge in [-0.1, -0.05) is 146 Å². The number of hydrogen-bond donors (Lipinski definition) is 0. The van der Waals surface area contributed by atoms with Gasteiger partial charge < -0.3 is 0 Å². The molecule has 0 aliphatic carbocycles. The Morgan fingerprint density at radius 1 is 0.339 bits per heavy atom. The van der Waals surface area contributed by atoms with Gasteiger partial charge in [-0.15, -0.1) is 0 Å². The van der Waals surface area contributed by atoms with E-state index in [1.54, 1.807) is 6.20 Å². The van der Waals surface area contributed by atoms with Crippen molar-refractivity contribution < 1.29 is 0 Å². The molecule has 56 heavy (non-hydrogen) atoms. The van der Waals surface area contributed by atoms with Crippen molar-refractivity contribution in [3.63, 3.8) is 0 Å². The quantitative estimate of drug-likeness (QED) is 0.161. The van der Waals surface area contributed by atoms with Crippen LogP contribution in [0.2, 0.25) is 0 Å². The van der Waals surface area contributed by atoms with Crippen LogP contribution in [0, 0.1) is 0 Å². The number of rotatable bonds is 6. The number of hydrogen-bond acceptors (Lipinski definition) is 4. The third kappa shape index (κ3) is 5.39. The first-order valence-electron chi connectivity index (χ1n) is 18.9. The van der Waals surface area contributed by atoms with E-state index in [0.717, 1.165) is 55.7 Å². The van der Waals surface area contributed by atoms with Crippen LogP contribution in [0.25, 0.3) is 111 Å². The Bertz CT molecular complexity index is 3250. The van der Waals surface area contributed by atoms with Gasteiger partial charge in [0.15, 0.2) is 5.82 Å². The van der Waals surface area contributed by atoms with Crippen LogP contribution in [0.4, 0.5) is 0 Å². The van der Waals surface area contributed by atoms with Crippen molar-refractivity contribution in [3.8, 4) is 67.3 Å². The Morgan fingerprint density at radius 2 is 0.982 bits per heavy atom. The fourth-order valence-electron chi connectivity index (χ4n) is 8.30. The molecule has 8 aromatic carbocycles. The first-order chi connectivity index (χ1) is 27.7. The average Bonchev–Trinajstić information content (AvgIpc) is 3.28. The van der Waals surface area contributed by atoms with E-state index in [4.69, 9.17) is 15.0 Å². The van der Waals surface area contributed by atoms with Gasteiger partial charge in [0.25, 0.3) is 0 Å². The highest BCUT2D eigenvalue weighted by molar-refractivity contribution is 6.27. The van der Waals surface area contributed by atoms with Crippen LogP contribution in [0.3, 0.4) is 0 Å². The van der Waals surface area contributed by atoms with Crippen LogP contribution in [0.15, 0.2) is 195 Å². The molecule has 0 unspecified atom stereocenters. The molecule has 3 heterocycles. The van der Waals surface area contributed by atoms with E-state index in [1.165, 1.54) is 49.0 Å². The Labute approximate surface area is 323 Å². The molecule has 0 aliphatic rings. The SMILES string of the molecule is c1ccc(-c2ccc3ccc4c(-c5cccc(-c6cc(-c7ccccc7-c7cccnc7)nc(-c7cnc8ccccc8c7)n6)c5)ccc5ccc2c3c54)cc1. The molecule has 0 atom stereocenters. The number of benzene rings is 8. The molecule has 0 N–H and O–H groups in total. The normalized spacial score (nSPS) is 11.6. The second kappa shape index (κ2) is 13.1. The summed E-state index contributed by atoms with van der Waals surface area (Å²) < 4.78 is 0. The predicted octanol–water partition coefficient (Wildman–Crippen LogP) is 13.3. The smallest absolute Gasteiger partial charge is 0.161 e. The number of nitrogens with zero attached hydrogens (tertiary/aromatic N) is 4. The summed E-state index contributed by atoms with van der Waals surface area (Å²) in [5.41, 5.74) is 12.4. The molecule has 0 saturated carbocycles. The second-order valence-corrected chi connectivity index (χ2v) is 14.3. The molecule has 0 radical (unpaired) electrons. The summed E-state index contributed by atoms with van der Waals surface area (Å²) in [6.45, 7) is 0. The van der Waals surface area contributed by atoms with Crippen molar-refractivity contribution in [2.24, 2.45) is 0 Å². The number of para-hydroxylation sites is 1. The van der Waals surface area contributed by atoms with Crippen molar-refractivity contribution in [2.45, 2.75) is 0 Å². The number of fused-ring (bicyclic) bond motifs is 1. The van der Waals surface area contributed by atoms with E-state index in [9.17, 15) is 0 Å². The summed E-state index contributed by atoms with van der Waals surface area (Å²) in [7, 11) is 0. The van der Waals surface area contributed by atoms with Gasteiger partial charge in [-0.3, -0.25) is 9.97 Å². The van der Waals surface area contributed by atoms with Crippen molar-refractivity contribution in [3.05, 3.63) is 195 Å². The van der Waals surface area contributed by atoms with Gasteiger partial charge in [0.2, 0.25) is 0 Å². The maximum Gasteiger partial charge on any atom is 0.161 e. The highest BCUT2D eigenvalue weighted by atomic mass is 14.9. The molecule has 0 spiro atoms. The van der Waals surface area contributed by atoms with Crippen LogP contribution >= 0.6 is 0 Å². The van der Waals surface area contributed by atoms with E-state index in [1.807, 2.05) is 36.7 Å². The zero-order chi connectivity index (χ0) is 37.0. The lowest BCUT2D eigenvalue weighted by Gasteiger charge is -2.17. The Balaban J connectivity index is 1.09.